The van der Waals surface area contributed by atoms with E-state index in [-0.39, 0.29) is 17.6 Å². The molecule has 9 heteroatoms. The standard InChI is InChI=1S/C25H28F3N3O3/c1-16-4-6-19-7-8-20(30-11-10-29-17(2)14-30)15-31(19)24(32)13-21(16)18-5-9-22(33-3)23(12-18)34-25(26,27)28/h5-9,12-13,15-17,29H,4,10-11,14H2,1-3H3. The summed E-state index contributed by atoms with van der Waals surface area (Å²) in [6.07, 6.45) is 5.04. The van der Waals surface area contributed by atoms with Gasteiger partial charge < -0.3 is 19.7 Å². The van der Waals surface area contributed by atoms with Crippen LogP contribution in [0.2, 0.25) is 0 Å². The maximum absolute atomic E-state index is 13.3. The summed E-state index contributed by atoms with van der Waals surface area (Å²) in [5.74, 6) is -0.833. The number of nitrogens with one attached hydrogen (secondary N) is 1. The molecule has 1 N–H and O–H groups in total. The van der Waals surface area contributed by atoms with Crippen LogP contribution in [0.15, 0.2) is 60.1 Å². The van der Waals surface area contributed by atoms with Gasteiger partial charge in [0.1, 0.15) is 0 Å². The van der Waals surface area contributed by atoms with Crippen molar-refractivity contribution < 1.29 is 27.4 Å². The summed E-state index contributed by atoms with van der Waals surface area (Å²) in [5, 5.41) is 3.41. The molecule has 1 amide bonds. The van der Waals surface area contributed by atoms with Crippen molar-refractivity contribution in [2.75, 3.05) is 26.7 Å². The van der Waals surface area contributed by atoms with E-state index in [1.165, 1.54) is 25.3 Å². The molecule has 0 saturated carbocycles. The molecule has 1 fully saturated rings. The molecule has 0 radical (unpaired) electrons. The maximum Gasteiger partial charge on any atom is 0.573 e. The summed E-state index contributed by atoms with van der Waals surface area (Å²) in [4.78, 5) is 17.2. The summed E-state index contributed by atoms with van der Waals surface area (Å²) in [6.45, 7) is 6.60. The van der Waals surface area contributed by atoms with Gasteiger partial charge in [0.15, 0.2) is 11.5 Å². The van der Waals surface area contributed by atoms with Gasteiger partial charge in [0.25, 0.3) is 5.91 Å². The number of alkyl halides is 3. The fraction of sp³-hybridized carbons (Fsp3) is 0.400. The van der Waals surface area contributed by atoms with Crippen LogP contribution in [0.5, 0.6) is 11.5 Å². The van der Waals surface area contributed by atoms with Gasteiger partial charge in [-0.1, -0.05) is 19.1 Å². The molecule has 34 heavy (non-hydrogen) atoms. The number of nitrogens with zero attached hydrogens (tertiary/aromatic N) is 2. The van der Waals surface area contributed by atoms with Crippen LogP contribution >= 0.6 is 0 Å². The van der Waals surface area contributed by atoms with Gasteiger partial charge in [0.05, 0.1) is 12.8 Å². The highest BCUT2D eigenvalue weighted by molar-refractivity contribution is 5.98. The van der Waals surface area contributed by atoms with Crippen molar-refractivity contribution in [2.45, 2.75) is 32.7 Å². The number of rotatable bonds is 4. The number of hydrogen-bond donors (Lipinski definition) is 1. The Morgan fingerprint density at radius 2 is 1.88 bits per heavy atom. The molecule has 1 aromatic rings. The van der Waals surface area contributed by atoms with Crippen molar-refractivity contribution in [3.63, 3.8) is 0 Å². The summed E-state index contributed by atoms with van der Waals surface area (Å²) in [6, 6.07) is 4.68. The van der Waals surface area contributed by atoms with Crippen LogP contribution in [-0.2, 0) is 4.79 Å². The number of piperazine rings is 1. The second-order valence-corrected chi connectivity index (χ2v) is 8.68. The Bertz CT molecular complexity index is 1070. The van der Waals surface area contributed by atoms with Crippen molar-refractivity contribution in [2.24, 2.45) is 5.92 Å². The van der Waals surface area contributed by atoms with Crippen LogP contribution < -0.4 is 14.8 Å². The minimum Gasteiger partial charge on any atom is -0.493 e. The number of amides is 1. The Hall–Kier alpha value is -3.20. The van der Waals surface area contributed by atoms with Crippen molar-refractivity contribution >= 4 is 11.5 Å². The number of methoxy groups -OCH3 is 1. The lowest BCUT2D eigenvalue weighted by molar-refractivity contribution is -0.275. The number of carbonyl (C=O) groups excluding carboxylic acids is 1. The van der Waals surface area contributed by atoms with Gasteiger partial charge in [-0.05, 0) is 54.7 Å². The quantitative estimate of drug-likeness (QED) is 0.698. The predicted octanol–water partition coefficient (Wildman–Crippen LogP) is 4.43. The lowest BCUT2D eigenvalue weighted by atomic mass is 9.89. The molecule has 2 atom stereocenters. The van der Waals surface area contributed by atoms with E-state index in [1.54, 1.807) is 11.0 Å². The number of allylic oxidation sites excluding steroid dienone is 4. The Morgan fingerprint density at radius 1 is 1.12 bits per heavy atom. The first kappa shape index (κ1) is 23.9. The number of hydrogen-bond acceptors (Lipinski definition) is 5. The molecule has 0 aliphatic carbocycles. The van der Waals surface area contributed by atoms with Crippen molar-refractivity contribution in [3.8, 4) is 11.5 Å². The first-order valence-corrected chi connectivity index (χ1v) is 11.2. The minimum atomic E-state index is -4.86. The number of benzene rings is 1. The van der Waals surface area contributed by atoms with Crippen LogP contribution in [0.25, 0.3) is 5.57 Å². The van der Waals surface area contributed by atoms with E-state index in [4.69, 9.17) is 4.74 Å². The lowest BCUT2D eigenvalue weighted by Gasteiger charge is -2.36. The fourth-order valence-corrected chi connectivity index (χ4v) is 4.41. The number of fused-ring (bicyclic) bond motifs is 1. The SMILES string of the molecule is COc1ccc(C2=CC(=O)N3C=C(N4CCNC(C)C4)C=CC3=CCC2C)cc1OC(F)(F)F. The molecule has 3 heterocycles. The third kappa shape index (κ3) is 5.30. The van der Waals surface area contributed by atoms with Gasteiger partial charge in [-0.15, -0.1) is 13.2 Å². The molecule has 3 aliphatic rings. The van der Waals surface area contributed by atoms with E-state index in [1.807, 2.05) is 31.4 Å². The molecular weight excluding hydrogens is 447 g/mol. The second-order valence-electron chi connectivity index (χ2n) is 8.68. The van der Waals surface area contributed by atoms with Crippen LogP contribution in [0.3, 0.4) is 0 Å². The van der Waals surface area contributed by atoms with Crippen LogP contribution in [0.1, 0.15) is 25.8 Å². The smallest absolute Gasteiger partial charge is 0.493 e. The molecule has 3 aliphatic heterocycles. The summed E-state index contributed by atoms with van der Waals surface area (Å²) >= 11 is 0. The molecule has 0 spiro atoms. The first-order chi connectivity index (χ1) is 16.1. The number of halogens is 3. The molecule has 6 nitrogen and oxygen atoms in total. The molecule has 1 aromatic carbocycles. The van der Waals surface area contributed by atoms with E-state index >= 15 is 0 Å². The Kier molecular flexibility index (Phi) is 6.74. The monoisotopic (exact) mass is 475 g/mol. The summed E-state index contributed by atoms with van der Waals surface area (Å²) < 4.78 is 47.9. The van der Waals surface area contributed by atoms with E-state index in [2.05, 4.69) is 21.9 Å². The van der Waals surface area contributed by atoms with Gasteiger partial charge in [-0.2, -0.15) is 0 Å². The molecule has 2 unspecified atom stereocenters. The molecular formula is C25H28F3N3O3. The molecule has 0 aromatic heterocycles. The predicted molar refractivity (Wildman–Crippen MR) is 123 cm³/mol. The van der Waals surface area contributed by atoms with Crippen LogP contribution in [0.4, 0.5) is 13.2 Å². The van der Waals surface area contributed by atoms with E-state index in [0.717, 1.165) is 31.0 Å². The van der Waals surface area contributed by atoms with Crippen molar-refractivity contribution in [1.82, 2.24) is 15.1 Å². The topological polar surface area (TPSA) is 54.0 Å². The zero-order valence-electron chi connectivity index (χ0n) is 19.4. The van der Waals surface area contributed by atoms with Crippen molar-refractivity contribution in [1.29, 1.82) is 0 Å². The average Bonchev–Trinajstić information content (AvgIpc) is 2.79. The van der Waals surface area contributed by atoms with Gasteiger partial charge >= 0.3 is 6.36 Å². The summed E-state index contributed by atoms with van der Waals surface area (Å²) in [7, 11) is 1.28. The third-order valence-corrected chi connectivity index (χ3v) is 6.15. The highest BCUT2D eigenvalue weighted by Crippen LogP contribution is 2.38. The zero-order chi connectivity index (χ0) is 24.5. The Balaban J connectivity index is 1.66. The first-order valence-electron chi connectivity index (χ1n) is 11.2. The van der Waals surface area contributed by atoms with Gasteiger partial charge in [0, 0.05) is 43.6 Å². The maximum atomic E-state index is 13.3. The normalized spacial score (nSPS) is 23.4. The van der Waals surface area contributed by atoms with Gasteiger partial charge in [-0.25, -0.2) is 0 Å². The molecule has 1 saturated heterocycles. The van der Waals surface area contributed by atoms with Crippen molar-refractivity contribution in [3.05, 3.63) is 65.7 Å². The molecule has 182 valence electrons. The van der Waals surface area contributed by atoms with Gasteiger partial charge in [-0.3, -0.25) is 9.69 Å². The van der Waals surface area contributed by atoms with Crippen LogP contribution in [-0.4, -0.2) is 54.9 Å². The van der Waals surface area contributed by atoms with E-state index in [0.29, 0.717) is 23.6 Å². The number of ether oxygens (including phenoxy) is 2. The van der Waals surface area contributed by atoms with E-state index in [9.17, 15) is 18.0 Å². The van der Waals surface area contributed by atoms with Crippen LogP contribution in [0, 0.1) is 5.92 Å². The summed E-state index contributed by atoms with van der Waals surface area (Å²) in [5.41, 5.74) is 2.85. The molecule has 4 rings (SSSR count). The Morgan fingerprint density at radius 3 is 2.59 bits per heavy atom. The Labute approximate surface area is 197 Å². The highest BCUT2D eigenvalue weighted by atomic mass is 19.4. The third-order valence-electron chi connectivity index (χ3n) is 6.15. The average molecular weight is 476 g/mol. The van der Waals surface area contributed by atoms with E-state index < -0.39 is 12.1 Å². The van der Waals surface area contributed by atoms with Gasteiger partial charge in [0.2, 0.25) is 0 Å². The second kappa shape index (κ2) is 9.58. The lowest BCUT2D eigenvalue weighted by Crippen LogP contribution is -2.48. The fourth-order valence-electron chi connectivity index (χ4n) is 4.41. The highest BCUT2D eigenvalue weighted by Gasteiger charge is 2.33. The minimum absolute atomic E-state index is 0.0346. The molecule has 0 bridgehead atoms. The number of carbonyl (C=O) groups is 1. The largest absolute Gasteiger partial charge is 0.573 e. The zero-order valence-corrected chi connectivity index (χ0v) is 19.4.